The second kappa shape index (κ2) is 8.88. The highest BCUT2D eigenvalue weighted by Gasteiger charge is 2.54. The number of aryl methyl sites for hydroxylation is 1. The lowest BCUT2D eigenvalue weighted by Gasteiger charge is -2.63. The van der Waals surface area contributed by atoms with E-state index in [1.165, 1.54) is 16.8 Å². The Bertz CT molecular complexity index is 684. The monoisotopic (exact) mass is 402 g/mol. The molecule has 29 heavy (non-hydrogen) atoms. The summed E-state index contributed by atoms with van der Waals surface area (Å²) in [5, 5.41) is 10.1. The fourth-order valence-corrected chi connectivity index (χ4v) is 6.53. The predicted molar refractivity (Wildman–Crippen MR) is 128 cm³/mol. The van der Waals surface area contributed by atoms with Gasteiger partial charge in [-0.1, -0.05) is 41.5 Å². The quantitative estimate of drug-likeness (QED) is 0.453. The molecule has 2 rings (SSSR count). The summed E-state index contributed by atoms with van der Waals surface area (Å²) >= 11 is 0. The number of aliphatic hydroxyl groups excluding tert-OH is 1. The largest absolute Gasteiger partial charge is 0.398 e. The van der Waals surface area contributed by atoms with Crippen molar-refractivity contribution in [2.45, 2.75) is 117 Å². The molecule has 0 bridgehead atoms. The lowest BCUT2D eigenvalue weighted by Crippen LogP contribution is -2.67. The molecule has 0 spiro atoms. The average molecular weight is 403 g/mol. The molecular formula is C26H46N2O. The second-order valence-corrected chi connectivity index (χ2v) is 10.1. The van der Waals surface area contributed by atoms with Crippen molar-refractivity contribution >= 4 is 11.4 Å². The van der Waals surface area contributed by atoms with Gasteiger partial charge in [0.05, 0.1) is 0 Å². The molecule has 1 aromatic rings. The lowest BCUT2D eigenvalue weighted by molar-refractivity contribution is 0.0371. The first-order chi connectivity index (χ1) is 13.6. The van der Waals surface area contributed by atoms with Gasteiger partial charge in [0, 0.05) is 29.1 Å². The van der Waals surface area contributed by atoms with Crippen LogP contribution in [0.15, 0.2) is 12.1 Å². The molecular weight excluding hydrogens is 356 g/mol. The fourth-order valence-electron chi connectivity index (χ4n) is 6.53. The molecule has 0 unspecified atom stereocenters. The van der Waals surface area contributed by atoms with E-state index in [1.807, 2.05) is 0 Å². The number of anilines is 2. The van der Waals surface area contributed by atoms with Crippen molar-refractivity contribution in [2.24, 2.45) is 5.41 Å². The molecule has 0 aliphatic carbocycles. The smallest absolute Gasteiger partial charge is 0.0459 e. The van der Waals surface area contributed by atoms with Crippen LogP contribution in [0.2, 0.25) is 0 Å². The van der Waals surface area contributed by atoms with Gasteiger partial charge in [-0.2, -0.15) is 0 Å². The van der Waals surface area contributed by atoms with Crippen molar-refractivity contribution in [3.63, 3.8) is 0 Å². The van der Waals surface area contributed by atoms with Gasteiger partial charge in [0.2, 0.25) is 0 Å². The van der Waals surface area contributed by atoms with Gasteiger partial charge >= 0.3 is 0 Å². The third-order valence-corrected chi connectivity index (χ3v) is 8.29. The Hall–Kier alpha value is -1.22. The summed E-state index contributed by atoms with van der Waals surface area (Å²) in [7, 11) is 0. The number of nitrogens with two attached hydrogens (primary N) is 1. The molecule has 166 valence electrons. The zero-order valence-electron chi connectivity index (χ0n) is 20.4. The molecule has 0 fully saturated rings. The van der Waals surface area contributed by atoms with Crippen LogP contribution in [0, 0.1) is 5.41 Å². The number of rotatable bonds is 9. The standard InChI is InChI=1S/C26H46N2O/c1-9-25(10-2,15-16-29)26(11-3,12-4)28-23-18-21(19(5)6)22(27)17-20(23)13-14-24(28,7)8/h17-19,29H,9-16,27H2,1-8H3. The van der Waals surface area contributed by atoms with Crippen molar-refractivity contribution in [3.05, 3.63) is 23.3 Å². The van der Waals surface area contributed by atoms with E-state index in [9.17, 15) is 5.11 Å². The van der Waals surface area contributed by atoms with Crippen molar-refractivity contribution in [3.8, 4) is 0 Å². The Balaban J connectivity index is 2.85. The third-order valence-electron chi connectivity index (χ3n) is 8.29. The third kappa shape index (κ3) is 3.80. The van der Waals surface area contributed by atoms with E-state index in [0.29, 0.717) is 5.92 Å². The van der Waals surface area contributed by atoms with Gasteiger partial charge in [-0.15, -0.1) is 0 Å². The van der Waals surface area contributed by atoms with Gasteiger partial charge < -0.3 is 15.7 Å². The molecule has 1 aliphatic rings. The lowest BCUT2D eigenvalue weighted by atomic mass is 9.58. The number of benzene rings is 1. The van der Waals surface area contributed by atoms with Crippen LogP contribution in [0.4, 0.5) is 11.4 Å². The SMILES string of the molecule is CCC(CC)(CCO)C(CC)(CC)N1c2cc(C(C)C)c(N)cc2CCC1(C)C. The summed E-state index contributed by atoms with van der Waals surface area (Å²) in [5.41, 5.74) is 11.6. The summed E-state index contributed by atoms with van der Waals surface area (Å²) in [5.74, 6) is 0.407. The fraction of sp³-hybridized carbons (Fsp3) is 0.769. The highest BCUT2D eigenvalue weighted by atomic mass is 16.3. The predicted octanol–water partition coefficient (Wildman–Crippen LogP) is 6.67. The topological polar surface area (TPSA) is 49.5 Å². The molecule has 0 radical (unpaired) electrons. The molecule has 0 aromatic heterocycles. The van der Waals surface area contributed by atoms with Crippen molar-refractivity contribution in [1.82, 2.24) is 0 Å². The first-order valence-corrected chi connectivity index (χ1v) is 11.9. The minimum atomic E-state index is 0.00225. The Morgan fingerprint density at radius 1 is 1.07 bits per heavy atom. The highest BCUT2D eigenvalue weighted by molar-refractivity contribution is 5.68. The van der Waals surface area contributed by atoms with Crippen LogP contribution in [0.3, 0.4) is 0 Å². The normalized spacial score (nSPS) is 17.0. The van der Waals surface area contributed by atoms with Crippen LogP contribution in [-0.4, -0.2) is 22.8 Å². The molecule has 3 heteroatoms. The number of hydrogen-bond donors (Lipinski definition) is 2. The van der Waals surface area contributed by atoms with Gasteiger partial charge in [-0.05, 0) is 93.4 Å². The summed E-state index contributed by atoms with van der Waals surface area (Å²) in [6.07, 6.45) is 7.39. The average Bonchev–Trinajstić information content (AvgIpc) is 2.68. The van der Waals surface area contributed by atoms with Gasteiger partial charge in [-0.25, -0.2) is 0 Å². The van der Waals surface area contributed by atoms with Crippen molar-refractivity contribution < 1.29 is 5.11 Å². The maximum Gasteiger partial charge on any atom is 0.0459 e. The number of aliphatic hydroxyl groups is 1. The van der Waals surface area contributed by atoms with Gasteiger partial charge in [-0.3, -0.25) is 0 Å². The van der Waals surface area contributed by atoms with Gasteiger partial charge in [0.15, 0.2) is 0 Å². The molecule has 1 aromatic carbocycles. The Kier molecular flexibility index (Phi) is 7.36. The Morgan fingerprint density at radius 3 is 2.10 bits per heavy atom. The summed E-state index contributed by atoms with van der Waals surface area (Å²) < 4.78 is 0. The molecule has 0 saturated heterocycles. The van der Waals surface area contributed by atoms with Crippen molar-refractivity contribution in [2.75, 3.05) is 17.2 Å². The summed E-state index contributed by atoms with van der Waals surface area (Å²) in [6.45, 7) is 18.9. The Morgan fingerprint density at radius 2 is 1.66 bits per heavy atom. The maximum absolute atomic E-state index is 10.1. The van der Waals surface area contributed by atoms with Crippen LogP contribution in [-0.2, 0) is 6.42 Å². The zero-order chi connectivity index (χ0) is 22.0. The van der Waals surface area contributed by atoms with E-state index in [1.54, 1.807) is 0 Å². The molecule has 1 heterocycles. The highest BCUT2D eigenvalue weighted by Crippen LogP contribution is 2.55. The number of hydrogen-bond acceptors (Lipinski definition) is 3. The first-order valence-electron chi connectivity index (χ1n) is 11.9. The van der Waals surface area contributed by atoms with E-state index >= 15 is 0 Å². The Labute approximate surface area is 180 Å². The van der Waals surface area contributed by atoms with Crippen LogP contribution in [0.25, 0.3) is 0 Å². The number of nitrogen functional groups attached to an aromatic ring is 1. The van der Waals surface area contributed by atoms with Crippen LogP contribution in [0.5, 0.6) is 0 Å². The van der Waals surface area contributed by atoms with Crippen LogP contribution < -0.4 is 10.6 Å². The van der Waals surface area contributed by atoms with Gasteiger partial charge in [0.1, 0.15) is 0 Å². The number of nitrogens with zero attached hydrogens (tertiary/aromatic N) is 1. The molecule has 0 amide bonds. The zero-order valence-corrected chi connectivity index (χ0v) is 20.4. The van der Waals surface area contributed by atoms with E-state index in [2.05, 4.69) is 72.4 Å². The van der Waals surface area contributed by atoms with E-state index in [4.69, 9.17) is 5.73 Å². The first kappa shape index (κ1) is 24.1. The van der Waals surface area contributed by atoms with Crippen LogP contribution >= 0.6 is 0 Å². The molecule has 3 N–H and O–H groups in total. The van der Waals surface area contributed by atoms with E-state index in [0.717, 1.165) is 50.6 Å². The van der Waals surface area contributed by atoms with Crippen LogP contribution in [0.1, 0.15) is 111 Å². The summed E-state index contributed by atoms with van der Waals surface area (Å²) in [4.78, 5) is 2.78. The summed E-state index contributed by atoms with van der Waals surface area (Å²) in [6, 6.07) is 4.64. The maximum atomic E-state index is 10.1. The minimum Gasteiger partial charge on any atom is -0.398 e. The second-order valence-electron chi connectivity index (χ2n) is 10.1. The van der Waals surface area contributed by atoms with Crippen molar-refractivity contribution in [1.29, 1.82) is 0 Å². The minimum absolute atomic E-state index is 0.00225. The van der Waals surface area contributed by atoms with E-state index in [-0.39, 0.29) is 23.1 Å². The molecule has 0 saturated carbocycles. The molecule has 0 atom stereocenters. The van der Waals surface area contributed by atoms with Gasteiger partial charge in [0.25, 0.3) is 0 Å². The molecule has 3 nitrogen and oxygen atoms in total. The number of fused-ring (bicyclic) bond motifs is 1. The molecule has 1 aliphatic heterocycles. The van der Waals surface area contributed by atoms with E-state index < -0.39 is 0 Å².